The number of rotatable bonds is 6. The fraction of sp³-hybridized carbons (Fsp3) is 0.429. The van der Waals surface area contributed by atoms with Crippen LogP contribution in [0.5, 0.6) is 5.75 Å². The lowest BCUT2D eigenvalue weighted by molar-refractivity contribution is 0.283. The van der Waals surface area contributed by atoms with E-state index in [9.17, 15) is 0 Å². The summed E-state index contributed by atoms with van der Waals surface area (Å²) in [5.74, 6) is 1.98. The Morgan fingerprint density at radius 3 is 2.85 bits per heavy atom. The van der Waals surface area contributed by atoms with Gasteiger partial charge in [-0.1, -0.05) is 47.4 Å². The molecule has 0 bridgehead atoms. The van der Waals surface area contributed by atoms with E-state index in [1.54, 1.807) is 6.33 Å². The molecule has 1 aromatic carbocycles. The molecule has 0 aliphatic rings. The van der Waals surface area contributed by atoms with Crippen molar-refractivity contribution in [1.29, 1.82) is 0 Å². The molecule has 2 aromatic rings. The van der Waals surface area contributed by atoms with Gasteiger partial charge in [0.25, 0.3) is 0 Å². The summed E-state index contributed by atoms with van der Waals surface area (Å²) in [5, 5.41) is 5.59. The maximum atomic E-state index is 6.18. The third-order valence-electron chi connectivity index (χ3n) is 2.74. The van der Waals surface area contributed by atoms with Crippen LogP contribution in [-0.2, 0) is 18.5 Å². The number of alkyl halides is 1. The van der Waals surface area contributed by atoms with Crippen molar-refractivity contribution in [2.75, 3.05) is 0 Å². The van der Waals surface area contributed by atoms with Gasteiger partial charge in [-0.3, -0.25) is 0 Å². The molecule has 2 rings (SSSR count). The first-order chi connectivity index (χ1) is 9.60. The van der Waals surface area contributed by atoms with Crippen LogP contribution in [0.1, 0.15) is 25.2 Å². The maximum absolute atomic E-state index is 6.18. The Labute approximate surface area is 132 Å². The van der Waals surface area contributed by atoms with E-state index in [4.69, 9.17) is 16.3 Å². The Hall–Kier alpha value is -1.07. The van der Waals surface area contributed by atoms with Crippen LogP contribution in [-0.4, -0.2) is 14.8 Å². The van der Waals surface area contributed by atoms with Gasteiger partial charge in [0.05, 0.1) is 5.02 Å². The molecular formula is C14H17BrClN3O. The topological polar surface area (TPSA) is 39.9 Å². The third kappa shape index (κ3) is 3.96. The van der Waals surface area contributed by atoms with E-state index in [1.807, 2.05) is 22.9 Å². The molecule has 108 valence electrons. The first-order valence-corrected chi connectivity index (χ1v) is 7.94. The van der Waals surface area contributed by atoms with Crippen molar-refractivity contribution in [2.24, 2.45) is 5.92 Å². The highest BCUT2D eigenvalue weighted by Crippen LogP contribution is 2.26. The molecule has 0 N–H and O–H groups in total. The summed E-state index contributed by atoms with van der Waals surface area (Å²) in [6.45, 7) is 5.47. The lowest BCUT2D eigenvalue weighted by atomic mass is 10.2. The average molecular weight is 359 g/mol. The van der Waals surface area contributed by atoms with Crippen molar-refractivity contribution in [3.8, 4) is 5.75 Å². The predicted molar refractivity (Wildman–Crippen MR) is 83.3 cm³/mol. The van der Waals surface area contributed by atoms with Crippen LogP contribution in [0.3, 0.4) is 0 Å². The van der Waals surface area contributed by atoms with E-state index < -0.39 is 0 Å². The molecule has 1 heterocycles. The van der Waals surface area contributed by atoms with E-state index in [2.05, 4.69) is 39.9 Å². The Kier molecular flexibility index (Phi) is 5.43. The van der Waals surface area contributed by atoms with Crippen molar-refractivity contribution in [3.05, 3.63) is 40.9 Å². The van der Waals surface area contributed by atoms with E-state index >= 15 is 0 Å². The molecule has 0 amide bonds. The van der Waals surface area contributed by atoms with Crippen LogP contribution < -0.4 is 4.74 Å². The van der Waals surface area contributed by atoms with Crippen molar-refractivity contribution < 1.29 is 4.74 Å². The SMILES string of the molecule is CC(C)Cn1ncnc1COc1ccc(CBr)cc1Cl. The number of halogens is 2. The van der Waals surface area contributed by atoms with Crippen LogP contribution in [0, 0.1) is 5.92 Å². The summed E-state index contributed by atoms with van der Waals surface area (Å²) >= 11 is 9.58. The molecule has 0 aliphatic heterocycles. The van der Waals surface area contributed by atoms with Gasteiger partial charge >= 0.3 is 0 Å². The number of aromatic nitrogens is 3. The van der Waals surface area contributed by atoms with E-state index in [0.29, 0.717) is 23.3 Å². The first kappa shape index (κ1) is 15.3. The molecule has 0 radical (unpaired) electrons. The second-order valence-electron chi connectivity index (χ2n) is 4.94. The molecule has 0 unspecified atom stereocenters. The van der Waals surface area contributed by atoms with Crippen LogP contribution in [0.25, 0.3) is 0 Å². The van der Waals surface area contributed by atoms with E-state index in [-0.39, 0.29) is 0 Å². The van der Waals surface area contributed by atoms with Gasteiger partial charge in [-0.25, -0.2) is 9.67 Å². The fourth-order valence-corrected chi connectivity index (χ4v) is 2.39. The average Bonchev–Trinajstić information content (AvgIpc) is 2.83. The summed E-state index contributed by atoms with van der Waals surface area (Å²) < 4.78 is 7.60. The number of ether oxygens (including phenoxy) is 1. The highest BCUT2D eigenvalue weighted by atomic mass is 79.9. The quantitative estimate of drug-likeness (QED) is 0.731. The molecular weight excluding hydrogens is 342 g/mol. The largest absolute Gasteiger partial charge is 0.484 e. The normalized spacial score (nSPS) is 11.1. The van der Waals surface area contributed by atoms with Gasteiger partial charge in [-0.05, 0) is 23.6 Å². The van der Waals surface area contributed by atoms with Crippen LogP contribution in [0.4, 0.5) is 0 Å². The zero-order valence-corrected chi connectivity index (χ0v) is 13.9. The Morgan fingerprint density at radius 1 is 1.40 bits per heavy atom. The number of hydrogen-bond donors (Lipinski definition) is 0. The zero-order valence-electron chi connectivity index (χ0n) is 11.5. The lowest BCUT2D eigenvalue weighted by Gasteiger charge is -2.11. The van der Waals surface area contributed by atoms with Gasteiger partial charge in [-0.2, -0.15) is 5.10 Å². The molecule has 1 aromatic heterocycles. The fourth-order valence-electron chi connectivity index (χ4n) is 1.79. The molecule has 0 saturated heterocycles. The second kappa shape index (κ2) is 7.09. The second-order valence-corrected chi connectivity index (χ2v) is 5.91. The molecule has 20 heavy (non-hydrogen) atoms. The standard InChI is InChI=1S/C14H17BrClN3O/c1-10(2)7-19-14(17-9-18-19)8-20-13-4-3-11(6-15)5-12(13)16/h3-5,9-10H,6-8H2,1-2H3. The zero-order chi connectivity index (χ0) is 14.5. The first-order valence-electron chi connectivity index (χ1n) is 6.44. The number of nitrogens with zero attached hydrogens (tertiary/aromatic N) is 3. The van der Waals surface area contributed by atoms with Gasteiger partial charge < -0.3 is 4.74 Å². The summed E-state index contributed by atoms with van der Waals surface area (Å²) in [6, 6.07) is 5.75. The van der Waals surface area contributed by atoms with E-state index in [1.165, 1.54) is 0 Å². The molecule has 0 atom stereocenters. The van der Waals surface area contributed by atoms with Gasteiger partial charge in [0.1, 0.15) is 18.7 Å². The highest BCUT2D eigenvalue weighted by molar-refractivity contribution is 9.08. The lowest BCUT2D eigenvalue weighted by Crippen LogP contribution is -2.12. The van der Waals surface area contributed by atoms with E-state index in [0.717, 1.165) is 23.3 Å². The minimum atomic E-state index is 0.361. The van der Waals surface area contributed by atoms with Gasteiger partial charge in [-0.15, -0.1) is 0 Å². The Bertz CT molecular complexity index is 571. The Balaban J connectivity index is 2.03. The minimum Gasteiger partial charge on any atom is -0.484 e. The third-order valence-corrected chi connectivity index (χ3v) is 3.68. The highest BCUT2D eigenvalue weighted by Gasteiger charge is 2.09. The molecule has 0 fully saturated rings. The minimum absolute atomic E-state index is 0.361. The van der Waals surface area contributed by atoms with Crippen molar-refractivity contribution in [2.45, 2.75) is 32.3 Å². The summed E-state index contributed by atoms with van der Waals surface area (Å²) in [4.78, 5) is 4.22. The van der Waals surface area contributed by atoms with Crippen molar-refractivity contribution in [3.63, 3.8) is 0 Å². The summed E-state index contributed by atoms with van der Waals surface area (Å²) in [7, 11) is 0. The number of benzene rings is 1. The van der Waals surface area contributed by atoms with Crippen LogP contribution >= 0.6 is 27.5 Å². The smallest absolute Gasteiger partial charge is 0.164 e. The molecule has 6 heteroatoms. The van der Waals surface area contributed by atoms with Gasteiger partial charge in [0.15, 0.2) is 5.82 Å². The van der Waals surface area contributed by atoms with Gasteiger partial charge in [0, 0.05) is 11.9 Å². The molecule has 0 spiro atoms. The van der Waals surface area contributed by atoms with Crippen molar-refractivity contribution >= 4 is 27.5 Å². The maximum Gasteiger partial charge on any atom is 0.164 e. The van der Waals surface area contributed by atoms with Crippen molar-refractivity contribution in [1.82, 2.24) is 14.8 Å². The summed E-state index contributed by atoms with van der Waals surface area (Å²) in [5.41, 5.74) is 1.12. The van der Waals surface area contributed by atoms with Crippen LogP contribution in [0.2, 0.25) is 5.02 Å². The number of hydrogen-bond acceptors (Lipinski definition) is 3. The molecule has 0 saturated carbocycles. The van der Waals surface area contributed by atoms with Gasteiger partial charge in [0.2, 0.25) is 0 Å². The Morgan fingerprint density at radius 2 is 2.20 bits per heavy atom. The van der Waals surface area contributed by atoms with Crippen LogP contribution in [0.15, 0.2) is 24.5 Å². The predicted octanol–water partition coefficient (Wildman–Crippen LogP) is 4.06. The summed E-state index contributed by atoms with van der Waals surface area (Å²) in [6.07, 6.45) is 1.55. The monoisotopic (exact) mass is 357 g/mol. The molecule has 0 aliphatic carbocycles. The molecule has 4 nitrogen and oxygen atoms in total.